The van der Waals surface area contributed by atoms with Crippen LogP contribution in [0.15, 0.2) is 71.6 Å². The standard InChI is InChI=1S/C19H20N2O3/c1-23-16-8-6-15(7-9-16)18(21-10-2-3-11-21)13-19(22)20-14-17-5-4-12-24-17/h2-12,18H,13-14H2,1H3,(H,20,22)/t18-/m1/s1. The van der Waals surface area contributed by atoms with Gasteiger partial charge in [-0.2, -0.15) is 0 Å². The fourth-order valence-electron chi connectivity index (χ4n) is 2.62. The Balaban J connectivity index is 1.71. The van der Waals surface area contributed by atoms with Crippen LogP contribution < -0.4 is 10.1 Å². The Labute approximate surface area is 140 Å². The maximum atomic E-state index is 12.3. The molecule has 0 aliphatic rings. The molecule has 3 rings (SSSR count). The van der Waals surface area contributed by atoms with Gasteiger partial charge in [0, 0.05) is 12.4 Å². The summed E-state index contributed by atoms with van der Waals surface area (Å²) in [7, 11) is 1.64. The highest BCUT2D eigenvalue weighted by atomic mass is 16.5. The zero-order chi connectivity index (χ0) is 16.8. The molecule has 0 aliphatic carbocycles. The molecule has 0 radical (unpaired) electrons. The van der Waals surface area contributed by atoms with E-state index in [9.17, 15) is 4.79 Å². The summed E-state index contributed by atoms with van der Waals surface area (Å²) in [6.45, 7) is 0.396. The predicted molar refractivity (Wildman–Crippen MR) is 90.7 cm³/mol. The lowest BCUT2D eigenvalue weighted by Crippen LogP contribution is -2.26. The number of benzene rings is 1. The fraction of sp³-hybridized carbons (Fsp3) is 0.211. The van der Waals surface area contributed by atoms with Crippen molar-refractivity contribution >= 4 is 5.91 Å². The van der Waals surface area contributed by atoms with Gasteiger partial charge >= 0.3 is 0 Å². The van der Waals surface area contributed by atoms with Gasteiger partial charge in [-0.15, -0.1) is 0 Å². The molecule has 5 nitrogen and oxygen atoms in total. The van der Waals surface area contributed by atoms with Crippen LogP contribution in [-0.4, -0.2) is 17.6 Å². The quantitative estimate of drug-likeness (QED) is 0.725. The summed E-state index contributed by atoms with van der Waals surface area (Å²) in [5.41, 5.74) is 1.06. The third kappa shape index (κ3) is 3.87. The van der Waals surface area contributed by atoms with Crippen molar-refractivity contribution in [2.24, 2.45) is 0 Å². The van der Waals surface area contributed by atoms with Gasteiger partial charge in [0.15, 0.2) is 0 Å². The molecule has 2 heterocycles. The minimum atomic E-state index is -0.0671. The molecule has 2 aromatic heterocycles. The van der Waals surface area contributed by atoms with Gasteiger partial charge in [0.05, 0.1) is 32.4 Å². The molecule has 5 heteroatoms. The molecule has 0 fully saturated rings. The number of carbonyl (C=O) groups excluding carboxylic acids is 1. The molecule has 1 amide bonds. The first-order valence-corrected chi connectivity index (χ1v) is 7.82. The van der Waals surface area contributed by atoms with E-state index in [1.807, 2.05) is 65.5 Å². The molecular weight excluding hydrogens is 304 g/mol. The van der Waals surface area contributed by atoms with Gasteiger partial charge in [0.25, 0.3) is 0 Å². The Kier molecular flexibility index (Phi) is 5.01. The number of ether oxygens (including phenoxy) is 1. The molecule has 3 aromatic rings. The SMILES string of the molecule is COc1ccc([C@@H](CC(=O)NCc2ccco2)n2cccc2)cc1. The Morgan fingerprint density at radius 1 is 1.17 bits per heavy atom. The molecule has 124 valence electrons. The van der Waals surface area contributed by atoms with E-state index in [4.69, 9.17) is 9.15 Å². The van der Waals surface area contributed by atoms with E-state index in [1.165, 1.54) is 0 Å². The first-order chi connectivity index (χ1) is 11.8. The summed E-state index contributed by atoms with van der Waals surface area (Å²) >= 11 is 0. The summed E-state index contributed by atoms with van der Waals surface area (Å²) in [6, 6.07) is 15.3. The second kappa shape index (κ2) is 7.55. The molecule has 0 saturated carbocycles. The minimum absolute atomic E-state index is 0.0269. The van der Waals surface area contributed by atoms with Crippen molar-refractivity contribution in [2.75, 3.05) is 7.11 Å². The van der Waals surface area contributed by atoms with Gasteiger partial charge in [0.2, 0.25) is 5.91 Å². The Bertz CT molecular complexity index is 747. The average Bonchev–Trinajstić information content (AvgIpc) is 3.31. The van der Waals surface area contributed by atoms with Crippen molar-refractivity contribution in [1.82, 2.24) is 9.88 Å². The first-order valence-electron chi connectivity index (χ1n) is 7.82. The summed E-state index contributed by atoms with van der Waals surface area (Å²) in [5, 5.41) is 2.90. The van der Waals surface area contributed by atoms with Crippen molar-refractivity contribution in [1.29, 1.82) is 0 Å². The van der Waals surface area contributed by atoms with Gasteiger partial charge in [0.1, 0.15) is 11.5 Å². The molecule has 24 heavy (non-hydrogen) atoms. The van der Waals surface area contributed by atoms with Gasteiger partial charge in [-0.25, -0.2) is 0 Å². The highest BCUT2D eigenvalue weighted by Gasteiger charge is 2.17. The first kappa shape index (κ1) is 15.9. The van der Waals surface area contributed by atoms with Crippen LogP contribution in [0.3, 0.4) is 0 Å². The summed E-state index contributed by atoms with van der Waals surface area (Å²) in [5.74, 6) is 1.51. The van der Waals surface area contributed by atoms with E-state index in [-0.39, 0.29) is 11.9 Å². The maximum absolute atomic E-state index is 12.3. The summed E-state index contributed by atoms with van der Waals surface area (Å²) in [4.78, 5) is 12.3. The lowest BCUT2D eigenvalue weighted by atomic mass is 10.0. The molecule has 1 aromatic carbocycles. The summed E-state index contributed by atoms with van der Waals surface area (Å²) < 4.78 is 12.5. The number of nitrogens with zero attached hydrogens (tertiary/aromatic N) is 1. The number of carbonyl (C=O) groups is 1. The van der Waals surface area contributed by atoms with Crippen LogP contribution in [0.4, 0.5) is 0 Å². The third-order valence-electron chi connectivity index (χ3n) is 3.91. The number of hydrogen-bond acceptors (Lipinski definition) is 3. The lowest BCUT2D eigenvalue weighted by molar-refractivity contribution is -0.121. The van der Waals surface area contributed by atoms with Gasteiger partial charge in [-0.3, -0.25) is 4.79 Å². The third-order valence-corrected chi connectivity index (χ3v) is 3.91. The van der Waals surface area contributed by atoms with E-state index >= 15 is 0 Å². The monoisotopic (exact) mass is 324 g/mol. The number of hydrogen-bond donors (Lipinski definition) is 1. The zero-order valence-corrected chi connectivity index (χ0v) is 13.5. The van der Waals surface area contributed by atoms with E-state index in [0.717, 1.165) is 17.1 Å². The number of amides is 1. The maximum Gasteiger partial charge on any atom is 0.222 e. The zero-order valence-electron chi connectivity index (χ0n) is 13.5. The molecule has 0 bridgehead atoms. The van der Waals surface area contributed by atoms with Crippen molar-refractivity contribution in [3.63, 3.8) is 0 Å². The van der Waals surface area contributed by atoms with Crippen LogP contribution in [0.5, 0.6) is 5.75 Å². The minimum Gasteiger partial charge on any atom is -0.497 e. The Hall–Kier alpha value is -2.95. The van der Waals surface area contributed by atoms with Crippen LogP contribution in [0, 0.1) is 0 Å². The number of furan rings is 1. The van der Waals surface area contributed by atoms with Crippen molar-refractivity contribution in [3.05, 3.63) is 78.5 Å². The van der Waals surface area contributed by atoms with Crippen LogP contribution in [0.25, 0.3) is 0 Å². The fourth-order valence-corrected chi connectivity index (χ4v) is 2.62. The van der Waals surface area contributed by atoms with E-state index in [1.54, 1.807) is 13.4 Å². The lowest BCUT2D eigenvalue weighted by Gasteiger charge is -2.19. The van der Waals surface area contributed by atoms with Crippen molar-refractivity contribution in [2.45, 2.75) is 19.0 Å². The second-order valence-corrected chi connectivity index (χ2v) is 5.48. The Morgan fingerprint density at radius 2 is 1.92 bits per heavy atom. The molecule has 0 spiro atoms. The number of nitrogens with one attached hydrogen (secondary N) is 1. The van der Waals surface area contributed by atoms with Gasteiger partial charge < -0.3 is 19.0 Å². The molecular formula is C19H20N2O3. The van der Waals surface area contributed by atoms with Crippen LogP contribution >= 0.6 is 0 Å². The molecule has 0 unspecified atom stereocenters. The van der Waals surface area contributed by atoms with Crippen LogP contribution in [0.1, 0.15) is 23.8 Å². The normalized spacial score (nSPS) is 11.9. The predicted octanol–water partition coefficient (Wildman–Crippen LogP) is 3.39. The molecule has 1 N–H and O–H groups in total. The topological polar surface area (TPSA) is 56.4 Å². The second-order valence-electron chi connectivity index (χ2n) is 5.48. The summed E-state index contributed by atoms with van der Waals surface area (Å²) in [6.07, 6.45) is 5.88. The number of aromatic nitrogens is 1. The molecule has 1 atom stereocenters. The smallest absolute Gasteiger partial charge is 0.222 e. The number of rotatable bonds is 7. The van der Waals surface area contributed by atoms with Crippen LogP contribution in [-0.2, 0) is 11.3 Å². The largest absolute Gasteiger partial charge is 0.497 e. The van der Waals surface area contributed by atoms with Crippen molar-refractivity contribution in [3.8, 4) is 5.75 Å². The van der Waals surface area contributed by atoms with Crippen LogP contribution in [0.2, 0.25) is 0 Å². The Morgan fingerprint density at radius 3 is 2.54 bits per heavy atom. The average molecular weight is 324 g/mol. The van der Waals surface area contributed by atoms with E-state index in [0.29, 0.717) is 13.0 Å². The molecule has 0 aliphatic heterocycles. The number of methoxy groups -OCH3 is 1. The van der Waals surface area contributed by atoms with Gasteiger partial charge in [-0.1, -0.05) is 12.1 Å². The van der Waals surface area contributed by atoms with E-state index < -0.39 is 0 Å². The van der Waals surface area contributed by atoms with E-state index in [2.05, 4.69) is 5.32 Å². The highest BCUT2D eigenvalue weighted by Crippen LogP contribution is 2.24. The molecule has 0 saturated heterocycles. The highest BCUT2D eigenvalue weighted by molar-refractivity contribution is 5.76. The van der Waals surface area contributed by atoms with Gasteiger partial charge in [-0.05, 0) is 42.0 Å². The van der Waals surface area contributed by atoms with Crippen molar-refractivity contribution < 1.29 is 13.9 Å².